The molecule has 1 aliphatic rings. The van der Waals surface area contributed by atoms with Crippen LogP contribution in [0.15, 0.2) is 48.7 Å². The Hall–Kier alpha value is -3.55. The van der Waals surface area contributed by atoms with E-state index in [9.17, 15) is 9.59 Å². The van der Waals surface area contributed by atoms with Gasteiger partial charge >= 0.3 is 0 Å². The van der Waals surface area contributed by atoms with Crippen LogP contribution in [0.2, 0.25) is 0 Å². The molecule has 0 aliphatic carbocycles. The highest BCUT2D eigenvalue weighted by atomic mass is 16.5. The van der Waals surface area contributed by atoms with Gasteiger partial charge in [-0.3, -0.25) is 19.7 Å². The number of amides is 1. The van der Waals surface area contributed by atoms with Crippen LogP contribution in [0.3, 0.4) is 0 Å². The topological polar surface area (TPSA) is 110 Å². The molecule has 0 saturated heterocycles. The van der Waals surface area contributed by atoms with E-state index in [-0.39, 0.29) is 18.0 Å². The van der Waals surface area contributed by atoms with Crippen LogP contribution in [0, 0.1) is 0 Å². The van der Waals surface area contributed by atoms with Gasteiger partial charge in [0.1, 0.15) is 23.7 Å². The summed E-state index contributed by atoms with van der Waals surface area (Å²) in [5.74, 6) is 0.431. The largest absolute Gasteiger partial charge is 0.486 e. The number of hydrogen-bond donors (Lipinski definition) is 2. The van der Waals surface area contributed by atoms with Gasteiger partial charge < -0.3 is 10.1 Å². The first-order chi connectivity index (χ1) is 13.6. The third-order valence-electron chi connectivity index (χ3n) is 4.56. The van der Waals surface area contributed by atoms with Crippen molar-refractivity contribution in [3.05, 3.63) is 71.6 Å². The van der Waals surface area contributed by atoms with Crippen molar-refractivity contribution in [1.29, 1.82) is 0 Å². The lowest BCUT2D eigenvalue weighted by Gasteiger charge is -2.21. The smallest absolute Gasteiger partial charge is 0.291 e. The molecule has 0 fully saturated rings. The van der Waals surface area contributed by atoms with Gasteiger partial charge in [-0.15, -0.1) is 5.10 Å². The average Bonchev–Trinajstić information content (AvgIpc) is 3.12. The molecule has 1 amide bonds. The van der Waals surface area contributed by atoms with Crippen LogP contribution in [0.5, 0.6) is 5.75 Å². The fourth-order valence-corrected chi connectivity index (χ4v) is 3.14. The Morgan fingerprint density at radius 3 is 2.89 bits per heavy atom. The minimum absolute atomic E-state index is 0.00850. The number of carbonyl (C=O) groups is 2. The molecule has 8 heteroatoms. The summed E-state index contributed by atoms with van der Waals surface area (Å²) in [6.07, 6.45) is 1.70. The molecule has 3 aromatic rings. The molecule has 0 spiro atoms. The first-order valence-corrected chi connectivity index (χ1v) is 8.99. The third-order valence-corrected chi connectivity index (χ3v) is 4.56. The quantitative estimate of drug-likeness (QED) is 0.713. The number of rotatable bonds is 4. The van der Waals surface area contributed by atoms with Crippen LogP contribution in [0.1, 0.15) is 34.6 Å². The predicted molar refractivity (Wildman–Crippen MR) is 99.9 cm³/mol. The van der Waals surface area contributed by atoms with Crippen molar-refractivity contribution in [1.82, 2.24) is 25.5 Å². The Bertz CT molecular complexity index is 1000. The normalized spacial score (nSPS) is 18.7. The summed E-state index contributed by atoms with van der Waals surface area (Å²) in [6.45, 7) is 1.74. The van der Waals surface area contributed by atoms with Gasteiger partial charge in [-0.05, 0) is 24.6 Å². The van der Waals surface area contributed by atoms with Gasteiger partial charge in [0.05, 0.1) is 12.1 Å². The maximum atomic E-state index is 12.6. The number of nitrogens with zero attached hydrogens (tertiary/aromatic N) is 3. The molecule has 0 bridgehead atoms. The lowest BCUT2D eigenvalue weighted by Crippen LogP contribution is -2.49. The molecular formula is C20H19N5O3. The highest BCUT2D eigenvalue weighted by molar-refractivity contribution is 5.96. The summed E-state index contributed by atoms with van der Waals surface area (Å²) in [7, 11) is 0. The zero-order valence-electron chi connectivity index (χ0n) is 15.3. The molecule has 1 aromatic carbocycles. The molecule has 2 N–H and O–H groups in total. The van der Waals surface area contributed by atoms with Crippen LogP contribution in [0.4, 0.5) is 0 Å². The highest BCUT2D eigenvalue weighted by Crippen LogP contribution is 2.23. The number of carbonyl (C=O) groups excluding carboxylic acids is 2. The number of nitrogens with one attached hydrogen (secondary N) is 2. The summed E-state index contributed by atoms with van der Waals surface area (Å²) >= 11 is 0. The zero-order valence-corrected chi connectivity index (χ0v) is 15.3. The Balaban J connectivity index is 1.45. The van der Waals surface area contributed by atoms with E-state index in [0.29, 0.717) is 23.7 Å². The molecular weight excluding hydrogens is 358 g/mol. The standard InChI is InChI=1S/C20H19N5O3/c1-12-18(15(26)11-14-16(28-12)8-5-9-21-14)23-20(27)19-22-17(24-25-19)10-13-6-3-2-4-7-13/h2-9,12,18H,10-11H2,1H3,(H,23,27)(H,22,24,25)/t12-,18+/m1/s1. The molecule has 1 aliphatic heterocycles. The summed E-state index contributed by atoms with van der Waals surface area (Å²) in [5, 5.41) is 9.45. The SMILES string of the molecule is C[C@H]1Oc2cccnc2CC(=O)[C@H]1NC(=O)c1n[nH]c(Cc2ccccc2)n1. The second-order valence-corrected chi connectivity index (χ2v) is 6.63. The molecule has 2 atom stereocenters. The minimum Gasteiger partial charge on any atom is -0.486 e. The summed E-state index contributed by atoms with van der Waals surface area (Å²) in [6, 6.07) is 12.4. The maximum absolute atomic E-state index is 12.6. The monoisotopic (exact) mass is 377 g/mol. The van der Waals surface area contributed by atoms with Crippen LogP contribution >= 0.6 is 0 Å². The van der Waals surface area contributed by atoms with Crippen molar-refractivity contribution in [2.24, 2.45) is 0 Å². The zero-order chi connectivity index (χ0) is 19.5. The van der Waals surface area contributed by atoms with E-state index in [4.69, 9.17) is 4.74 Å². The second kappa shape index (κ2) is 7.59. The minimum atomic E-state index is -0.808. The Kier molecular flexibility index (Phi) is 4.84. The number of aromatic amines is 1. The average molecular weight is 377 g/mol. The van der Waals surface area contributed by atoms with Gasteiger partial charge in [0.15, 0.2) is 5.78 Å². The van der Waals surface area contributed by atoms with Crippen molar-refractivity contribution in [3.63, 3.8) is 0 Å². The number of hydrogen-bond acceptors (Lipinski definition) is 6. The molecule has 0 radical (unpaired) electrons. The fraction of sp³-hybridized carbons (Fsp3) is 0.250. The van der Waals surface area contributed by atoms with E-state index in [0.717, 1.165) is 5.56 Å². The number of ketones is 1. The van der Waals surface area contributed by atoms with Gasteiger partial charge in [-0.25, -0.2) is 4.98 Å². The number of fused-ring (bicyclic) bond motifs is 1. The molecule has 2 aromatic heterocycles. The summed E-state index contributed by atoms with van der Waals surface area (Å²) in [5.41, 5.74) is 1.62. The number of ether oxygens (including phenoxy) is 1. The number of pyridine rings is 1. The third kappa shape index (κ3) is 3.75. The van der Waals surface area contributed by atoms with Crippen LogP contribution < -0.4 is 10.1 Å². The number of Topliss-reactive ketones (excluding diaryl/α,β-unsaturated/α-hetero) is 1. The van der Waals surface area contributed by atoms with E-state index in [2.05, 4.69) is 25.5 Å². The summed E-state index contributed by atoms with van der Waals surface area (Å²) < 4.78 is 5.81. The first-order valence-electron chi connectivity index (χ1n) is 8.99. The fourth-order valence-electron chi connectivity index (χ4n) is 3.14. The lowest BCUT2D eigenvalue weighted by atomic mass is 10.0. The van der Waals surface area contributed by atoms with E-state index in [1.807, 2.05) is 30.3 Å². The number of benzene rings is 1. The Labute approximate surface area is 161 Å². The Morgan fingerprint density at radius 2 is 2.07 bits per heavy atom. The molecule has 142 valence electrons. The van der Waals surface area contributed by atoms with E-state index >= 15 is 0 Å². The van der Waals surface area contributed by atoms with Gasteiger partial charge in [0, 0.05) is 12.6 Å². The first kappa shape index (κ1) is 17.8. The van der Waals surface area contributed by atoms with Crippen molar-refractivity contribution in [3.8, 4) is 5.75 Å². The van der Waals surface area contributed by atoms with Crippen molar-refractivity contribution in [2.75, 3.05) is 0 Å². The number of aromatic nitrogens is 4. The highest BCUT2D eigenvalue weighted by Gasteiger charge is 2.33. The molecule has 0 saturated carbocycles. The molecule has 28 heavy (non-hydrogen) atoms. The van der Waals surface area contributed by atoms with Gasteiger partial charge in [-0.1, -0.05) is 30.3 Å². The number of H-pyrrole nitrogens is 1. The molecule has 3 heterocycles. The molecule has 4 rings (SSSR count). The van der Waals surface area contributed by atoms with E-state index < -0.39 is 18.1 Å². The van der Waals surface area contributed by atoms with Crippen LogP contribution in [-0.4, -0.2) is 44.0 Å². The lowest BCUT2D eigenvalue weighted by molar-refractivity contribution is -0.121. The van der Waals surface area contributed by atoms with Crippen LogP contribution in [0.25, 0.3) is 0 Å². The van der Waals surface area contributed by atoms with Gasteiger partial charge in [-0.2, -0.15) is 0 Å². The molecule has 0 unspecified atom stereocenters. The predicted octanol–water partition coefficient (Wildman–Crippen LogP) is 1.48. The summed E-state index contributed by atoms with van der Waals surface area (Å²) in [4.78, 5) is 33.6. The maximum Gasteiger partial charge on any atom is 0.291 e. The van der Waals surface area contributed by atoms with Gasteiger partial charge in [0.2, 0.25) is 5.82 Å². The second-order valence-electron chi connectivity index (χ2n) is 6.63. The molecule has 8 nitrogen and oxygen atoms in total. The Morgan fingerprint density at radius 1 is 1.25 bits per heavy atom. The van der Waals surface area contributed by atoms with Crippen molar-refractivity contribution in [2.45, 2.75) is 31.9 Å². The van der Waals surface area contributed by atoms with E-state index in [1.165, 1.54) is 0 Å². The van der Waals surface area contributed by atoms with Crippen molar-refractivity contribution < 1.29 is 14.3 Å². The van der Waals surface area contributed by atoms with E-state index in [1.54, 1.807) is 25.3 Å². The van der Waals surface area contributed by atoms with Crippen LogP contribution in [-0.2, 0) is 17.6 Å². The van der Waals surface area contributed by atoms with Crippen molar-refractivity contribution >= 4 is 11.7 Å². The van der Waals surface area contributed by atoms with Gasteiger partial charge in [0.25, 0.3) is 5.91 Å².